The molecule has 5 heteroatoms. The van der Waals surface area contributed by atoms with E-state index in [1.807, 2.05) is 48.7 Å². The smallest absolute Gasteiger partial charge is 0.158 e. The van der Waals surface area contributed by atoms with Crippen LogP contribution in [0.5, 0.6) is 11.5 Å². The highest BCUT2D eigenvalue weighted by atomic mass is 16.5. The van der Waals surface area contributed by atoms with Crippen molar-refractivity contribution in [1.29, 1.82) is 0 Å². The molecule has 26 heavy (non-hydrogen) atoms. The number of aromatic nitrogens is 1. The molecule has 0 spiro atoms. The summed E-state index contributed by atoms with van der Waals surface area (Å²) in [4.78, 5) is 2.25. The summed E-state index contributed by atoms with van der Waals surface area (Å²) in [5.74, 6) is 1.69. The van der Waals surface area contributed by atoms with E-state index in [-0.39, 0.29) is 6.23 Å². The quantitative estimate of drug-likeness (QED) is 0.696. The number of para-hydroxylation sites is 2. The topological polar surface area (TPSA) is 35.9 Å². The molecule has 4 rings (SSSR count). The highest BCUT2D eigenvalue weighted by molar-refractivity contribution is 5.53. The molecule has 134 valence electrons. The van der Waals surface area contributed by atoms with Crippen molar-refractivity contribution in [1.82, 2.24) is 4.57 Å². The van der Waals surface area contributed by atoms with Crippen LogP contribution in [0, 0.1) is 0 Å². The molecule has 2 aromatic carbocycles. The minimum Gasteiger partial charge on any atom is -0.497 e. The first-order valence-electron chi connectivity index (χ1n) is 8.64. The molecule has 1 fully saturated rings. The van der Waals surface area contributed by atoms with Crippen LogP contribution in [0.3, 0.4) is 0 Å². The second kappa shape index (κ2) is 7.14. The van der Waals surface area contributed by atoms with Gasteiger partial charge in [-0.25, -0.2) is 0 Å². The maximum atomic E-state index is 6.03. The fourth-order valence-electron chi connectivity index (χ4n) is 3.35. The lowest BCUT2D eigenvalue weighted by atomic mass is 10.2. The van der Waals surface area contributed by atoms with E-state index in [9.17, 15) is 0 Å². The average Bonchev–Trinajstić information content (AvgIpc) is 3.37. The van der Waals surface area contributed by atoms with Gasteiger partial charge >= 0.3 is 0 Å². The van der Waals surface area contributed by atoms with E-state index in [4.69, 9.17) is 14.2 Å². The van der Waals surface area contributed by atoms with Crippen LogP contribution in [0.15, 0.2) is 67.0 Å². The third kappa shape index (κ3) is 3.02. The van der Waals surface area contributed by atoms with E-state index in [0.29, 0.717) is 6.61 Å². The van der Waals surface area contributed by atoms with Crippen LogP contribution in [0.1, 0.15) is 11.8 Å². The molecule has 3 aromatic rings. The number of ether oxygens (including phenoxy) is 3. The van der Waals surface area contributed by atoms with Crippen LogP contribution >= 0.6 is 0 Å². The molecule has 0 aliphatic carbocycles. The Morgan fingerprint density at radius 3 is 2.73 bits per heavy atom. The van der Waals surface area contributed by atoms with Crippen molar-refractivity contribution >= 4 is 5.69 Å². The monoisotopic (exact) mass is 350 g/mol. The van der Waals surface area contributed by atoms with Crippen molar-refractivity contribution in [2.45, 2.75) is 6.23 Å². The zero-order valence-electron chi connectivity index (χ0n) is 15.0. The molecule has 0 N–H and O–H groups in total. The lowest BCUT2D eigenvalue weighted by Crippen LogP contribution is -2.23. The summed E-state index contributed by atoms with van der Waals surface area (Å²) in [6.45, 7) is 1.54. The average molecular weight is 350 g/mol. The first-order chi connectivity index (χ1) is 12.8. The van der Waals surface area contributed by atoms with Crippen LogP contribution in [0.2, 0.25) is 0 Å². The van der Waals surface area contributed by atoms with Gasteiger partial charge in [-0.15, -0.1) is 0 Å². The summed E-state index contributed by atoms with van der Waals surface area (Å²) in [5.41, 5.74) is 3.21. The second-order valence-electron chi connectivity index (χ2n) is 6.14. The minimum atomic E-state index is -0.113. The van der Waals surface area contributed by atoms with Gasteiger partial charge in [-0.3, -0.25) is 0 Å². The van der Waals surface area contributed by atoms with E-state index in [2.05, 4.69) is 27.8 Å². The summed E-state index contributed by atoms with van der Waals surface area (Å²) in [6, 6.07) is 18.2. The first-order valence-corrected chi connectivity index (χ1v) is 8.64. The normalized spacial score (nSPS) is 16.7. The first kappa shape index (κ1) is 16.5. The molecule has 0 radical (unpaired) electrons. The van der Waals surface area contributed by atoms with Crippen LogP contribution in [-0.2, 0) is 4.74 Å². The molecule has 2 heterocycles. The van der Waals surface area contributed by atoms with Gasteiger partial charge in [0.1, 0.15) is 11.5 Å². The van der Waals surface area contributed by atoms with Gasteiger partial charge in [0, 0.05) is 36.3 Å². The molecular weight excluding hydrogens is 328 g/mol. The van der Waals surface area contributed by atoms with E-state index in [1.165, 1.54) is 0 Å². The lowest BCUT2D eigenvalue weighted by Gasteiger charge is -2.25. The van der Waals surface area contributed by atoms with Crippen molar-refractivity contribution in [3.63, 3.8) is 0 Å². The van der Waals surface area contributed by atoms with Gasteiger partial charge in [-0.2, -0.15) is 0 Å². The molecule has 1 atom stereocenters. The molecule has 1 aliphatic rings. The number of hydrogen-bond acceptors (Lipinski definition) is 4. The van der Waals surface area contributed by atoms with Crippen molar-refractivity contribution in [2.75, 3.05) is 32.3 Å². The summed E-state index contributed by atoms with van der Waals surface area (Å²) < 4.78 is 18.9. The molecule has 1 aromatic heterocycles. The maximum Gasteiger partial charge on any atom is 0.158 e. The van der Waals surface area contributed by atoms with Crippen LogP contribution in [0.25, 0.3) is 5.69 Å². The number of rotatable bonds is 5. The lowest BCUT2D eigenvalue weighted by molar-refractivity contribution is 0.114. The van der Waals surface area contributed by atoms with Gasteiger partial charge in [0.15, 0.2) is 6.23 Å². The number of nitrogens with zero attached hydrogens (tertiary/aromatic N) is 2. The third-order valence-electron chi connectivity index (χ3n) is 4.64. The van der Waals surface area contributed by atoms with Gasteiger partial charge < -0.3 is 23.7 Å². The van der Waals surface area contributed by atoms with E-state index < -0.39 is 0 Å². The zero-order valence-corrected chi connectivity index (χ0v) is 15.0. The number of hydrogen-bond donors (Lipinski definition) is 0. The molecular formula is C21H22N2O3. The van der Waals surface area contributed by atoms with Gasteiger partial charge in [0.05, 0.1) is 26.5 Å². The molecule has 5 nitrogen and oxygen atoms in total. The number of anilines is 1. The van der Waals surface area contributed by atoms with Crippen molar-refractivity contribution in [3.8, 4) is 17.2 Å². The summed E-state index contributed by atoms with van der Waals surface area (Å²) in [7, 11) is 3.37. The maximum absolute atomic E-state index is 6.03. The number of benzene rings is 2. The fraction of sp³-hybridized carbons (Fsp3) is 0.238. The van der Waals surface area contributed by atoms with E-state index in [0.717, 1.165) is 35.0 Å². The van der Waals surface area contributed by atoms with Crippen LogP contribution in [0.4, 0.5) is 5.69 Å². The molecule has 0 amide bonds. The SMILES string of the molecule is COc1cccc(N2CCOC2c2ccn(-c3ccccc3OC)c2)c1. The van der Waals surface area contributed by atoms with Gasteiger partial charge in [-0.1, -0.05) is 18.2 Å². The molecule has 1 saturated heterocycles. The summed E-state index contributed by atoms with van der Waals surface area (Å²) in [5, 5.41) is 0. The minimum absolute atomic E-state index is 0.113. The highest BCUT2D eigenvalue weighted by Gasteiger charge is 2.28. The number of methoxy groups -OCH3 is 2. The van der Waals surface area contributed by atoms with Gasteiger partial charge in [0.2, 0.25) is 0 Å². The predicted molar refractivity (Wildman–Crippen MR) is 101 cm³/mol. The standard InChI is InChI=1S/C21H22N2O3/c1-24-18-7-5-6-17(14-18)23-12-13-26-21(23)16-10-11-22(15-16)19-8-3-4-9-20(19)25-2/h3-11,14-15,21H,12-13H2,1-2H3. The molecule has 1 aliphatic heterocycles. The van der Waals surface area contributed by atoms with Gasteiger partial charge in [-0.05, 0) is 30.3 Å². The largest absolute Gasteiger partial charge is 0.497 e. The van der Waals surface area contributed by atoms with Crippen molar-refractivity contribution < 1.29 is 14.2 Å². The van der Waals surface area contributed by atoms with E-state index >= 15 is 0 Å². The molecule has 1 unspecified atom stereocenters. The second-order valence-corrected chi connectivity index (χ2v) is 6.14. The Kier molecular flexibility index (Phi) is 4.54. The van der Waals surface area contributed by atoms with Crippen molar-refractivity contribution in [3.05, 3.63) is 72.6 Å². The Hall–Kier alpha value is -2.92. The van der Waals surface area contributed by atoms with E-state index in [1.54, 1.807) is 14.2 Å². The Morgan fingerprint density at radius 1 is 1.00 bits per heavy atom. The highest BCUT2D eigenvalue weighted by Crippen LogP contribution is 2.34. The zero-order chi connectivity index (χ0) is 17.9. The molecule has 0 bridgehead atoms. The van der Waals surface area contributed by atoms with Crippen molar-refractivity contribution in [2.24, 2.45) is 0 Å². The predicted octanol–water partition coefficient (Wildman–Crippen LogP) is 4.03. The van der Waals surface area contributed by atoms with Crippen LogP contribution in [-0.4, -0.2) is 31.9 Å². The van der Waals surface area contributed by atoms with Gasteiger partial charge in [0.25, 0.3) is 0 Å². The Morgan fingerprint density at radius 2 is 1.88 bits per heavy atom. The molecule has 0 saturated carbocycles. The third-order valence-corrected chi connectivity index (χ3v) is 4.64. The Balaban J connectivity index is 1.64. The Labute approximate surface area is 153 Å². The fourth-order valence-corrected chi connectivity index (χ4v) is 3.35. The Bertz CT molecular complexity index is 890. The van der Waals surface area contributed by atoms with Crippen LogP contribution < -0.4 is 14.4 Å². The summed E-state index contributed by atoms with van der Waals surface area (Å²) in [6.07, 6.45) is 4.03. The summed E-state index contributed by atoms with van der Waals surface area (Å²) >= 11 is 0.